The van der Waals surface area contributed by atoms with Crippen LogP contribution in [0.3, 0.4) is 0 Å². The van der Waals surface area contributed by atoms with E-state index >= 15 is 0 Å². The highest BCUT2D eigenvalue weighted by atomic mass is 32.2. The van der Waals surface area contributed by atoms with Crippen molar-refractivity contribution in [3.05, 3.63) is 41.6 Å². The van der Waals surface area contributed by atoms with Crippen LogP contribution >= 0.6 is 0 Å². The number of sulfonamides is 1. The van der Waals surface area contributed by atoms with E-state index in [2.05, 4.69) is 10.4 Å². The number of carbonyl (C=O) groups excluding carboxylic acids is 1. The zero-order valence-corrected chi connectivity index (χ0v) is 17.4. The smallest absolute Gasteiger partial charge is 0.326 e. The first kappa shape index (κ1) is 22.9. The number of rotatable bonds is 9. The van der Waals surface area contributed by atoms with Crippen LogP contribution in [0.5, 0.6) is 0 Å². The lowest BCUT2D eigenvalue weighted by Gasteiger charge is -2.21. The van der Waals surface area contributed by atoms with Gasteiger partial charge < -0.3 is 15.5 Å². The lowest BCUT2D eigenvalue weighted by atomic mass is 10.1. The lowest BCUT2D eigenvalue weighted by molar-refractivity contribution is -0.140. The summed E-state index contributed by atoms with van der Waals surface area (Å²) < 4.78 is 28.0. The number of carbonyl (C=O) groups is 3. The Hall–Kier alpha value is -3.41. The minimum Gasteiger partial charge on any atom is -0.481 e. The summed E-state index contributed by atoms with van der Waals surface area (Å²) in [7, 11) is -1.34. The summed E-state index contributed by atoms with van der Waals surface area (Å²) in [6, 6.07) is 4.68. The molecule has 0 saturated heterocycles. The molecule has 162 valence electrons. The van der Waals surface area contributed by atoms with E-state index in [-0.39, 0.29) is 22.7 Å². The van der Waals surface area contributed by atoms with Crippen LogP contribution in [0.1, 0.15) is 28.8 Å². The molecule has 12 heteroatoms. The van der Waals surface area contributed by atoms with Gasteiger partial charge in [-0.15, -0.1) is 0 Å². The molecule has 30 heavy (non-hydrogen) atoms. The molecular formula is C18H22N4O7S. The van der Waals surface area contributed by atoms with Crippen LogP contribution in [0, 0.1) is 6.92 Å². The number of aliphatic carboxylic acids is 2. The summed E-state index contributed by atoms with van der Waals surface area (Å²) >= 11 is 0. The molecule has 3 N–H and O–H groups in total. The predicted molar refractivity (Wildman–Crippen MR) is 106 cm³/mol. The maximum atomic E-state index is 13.0. The molecule has 2 aromatic rings. The Bertz CT molecular complexity index is 1060. The molecule has 1 aromatic carbocycles. The summed E-state index contributed by atoms with van der Waals surface area (Å²) in [5.41, 5.74) is 0.704. The van der Waals surface area contributed by atoms with Gasteiger partial charge in [0, 0.05) is 20.5 Å². The summed E-state index contributed by atoms with van der Waals surface area (Å²) in [6.07, 6.45) is 0.324. The number of aryl methyl sites for hydroxylation is 2. The van der Waals surface area contributed by atoms with Gasteiger partial charge in [0.1, 0.15) is 11.6 Å². The molecule has 0 aliphatic rings. The Morgan fingerprint density at radius 2 is 1.80 bits per heavy atom. The first-order valence-corrected chi connectivity index (χ1v) is 10.2. The zero-order chi connectivity index (χ0) is 22.6. The molecule has 0 saturated carbocycles. The second-order valence-electron chi connectivity index (χ2n) is 6.59. The number of carboxylic acids is 2. The van der Waals surface area contributed by atoms with Crippen LogP contribution in [0.25, 0.3) is 0 Å². The van der Waals surface area contributed by atoms with Gasteiger partial charge in [-0.2, -0.15) is 5.10 Å². The topological polar surface area (TPSA) is 159 Å². The molecule has 1 heterocycles. The van der Waals surface area contributed by atoms with Gasteiger partial charge in [0.05, 0.1) is 11.1 Å². The van der Waals surface area contributed by atoms with Crippen molar-refractivity contribution in [1.82, 2.24) is 15.1 Å². The van der Waals surface area contributed by atoms with E-state index in [9.17, 15) is 27.9 Å². The van der Waals surface area contributed by atoms with Gasteiger partial charge in [-0.3, -0.25) is 18.6 Å². The maximum Gasteiger partial charge on any atom is 0.326 e. The highest BCUT2D eigenvalue weighted by Crippen LogP contribution is 2.25. The van der Waals surface area contributed by atoms with Crippen molar-refractivity contribution in [2.75, 3.05) is 11.4 Å². The minimum atomic E-state index is -4.03. The first-order valence-electron chi connectivity index (χ1n) is 8.78. The van der Waals surface area contributed by atoms with E-state index in [4.69, 9.17) is 5.11 Å². The fraction of sp³-hybridized carbons (Fsp3) is 0.333. The Morgan fingerprint density at radius 1 is 1.20 bits per heavy atom. The van der Waals surface area contributed by atoms with Gasteiger partial charge in [0.25, 0.3) is 15.9 Å². The SMILES string of the molecule is Cc1ccc(S(=O)(=O)N(C)c2c(C(=O)N[C@@H](CCC(=O)O)C(=O)O)cnn2C)cc1. The number of anilines is 1. The Balaban J connectivity index is 2.35. The third kappa shape index (κ3) is 4.95. The van der Waals surface area contributed by atoms with E-state index in [1.165, 1.54) is 30.9 Å². The molecule has 2 rings (SSSR count). The second kappa shape index (κ2) is 8.95. The number of amides is 1. The number of nitrogens with one attached hydrogen (secondary N) is 1. The highest BCUT2D eigenvalue weighted by Gasteiger charge is 2.30. The molecule has 0 radical (unpaired) electrons. The second-order valence-corrected chi connectivity index (χ2v) is 8.56. The van der Waals surface area contributed by atoms with E-state index in [0.717, 1.165) is 16.1 Å². The number of carboxylic acid groups (broad SMARTS) is 2. The quantitative estimate of drug-likeness (QED) is 0.513. The molecule has 0 spiro atoms. The molecule has 0 aliphatic heterocycles. The van der Waals surface area contributed by atoms with Gasteiger partial charge in [-0.1, -0.05) is 17.7 Å². The minimum absolute atomic E-state index is 0.00743. The van der Waals surface area contributed by atoms with E-state index in [1.807, 2.05) is 6.92 Å². The van der Waals surface area contributed by atoms with Crippen LogP contribution in [-0.2, 0) is 26.7 Å². The molecule has 0 fully saturated rings. The van der Waals surface area contributed by atoms with Gasteiger partial charge >= 0.3 is 11.9 Å². The molecule has 0 aliphatic carbocycles. The number of hydrogen-bond acceptors (Lipinski definition) is 6. The maximum absolute atomic E-state index is 13.0. The lowest BCUT2D eigenvalue weighted by Crippen LogP contribution is -2.41. The van der Waals surface area contributed by atoms with Crippen molar-refractivity contribution in [3.63, 3.8) is 0 Å². The fourth-order valence-corrected chi connectivity index (χ4v) is 3.95. The number of aromatic nitrogens is 2. The molecule has 1 amide bonds. The predicted octanol–water partition coefficient (Wildman–Crippen LogP) is 0.601. The third-order valence-corrected chi connectivity index (χ3v) is 6.14. The first-order chi connectivity index (χ1) is 13.9. The van der Waals surface area contributed by atoms with Crippen LogP contribution in [0.4, 0.5) is 5.82 Å². The van der Waals surface area contributed by atoms with Gasteiger partial charge in [0.2, 0.25) is 0 Å². The monoisotopic (exact) mass is 438 g/mol. The summed E-state index contributed by atoms with van der Waals surface area (Å²) in [5.74, 6) is -3.57. The molecule has 1 aromatic heterocycles. The molecule has 0 unspecified atom stereocenters. The van der Waals surface area contributed by atoms with E-state index in [1.54, 1.807) is 12.1 Å². The van der Waals surface area contributed by atoms with Crippen LogP contribution in [0.15, 0.2) is 35.4 Å². The third-order valence-electron chi connectivity index (χ3n) is 4.38. The van der Waals surface area contributed by atoms with Crippen molar-refractivity contribution in [3.8, 4) is 0 Å². The van der Waals surface area contributed by atoms with Crippen molar-refractivity contribution >= 4 is 33.7 Å². The normalized spacial score (nSPS) is 12.2. The van der Waals surface area contributed by atoms with Crippen LogP contribution in [0.2, 0.25) is 0 Å². The van der Waals surface area contributed by atoms with Crippen molar-refractivity contribution in [1.29, 1.82) is 0 Å². The number of nitrogens with zero attached hydrogens (tertiary/aromatic N) is 3. The van der Waals surface area contributed by atoms with Crippen molar-refractivity contribution in [2.24, 2.45) is 7.05 Å². The molecule has 11 nitrogen and oxygen atoms in total. The molecule has 1 atom stereocenters. The Morgan fingerprint density at radius 3 is 2.33 bits per heavy atom. The Kier molecular flexibility index (Phi) is 6.82. The molecule has 0 bridgehead atoms. The zero-order valence-electron chi connectivity index (χ0n) is 16.6. The number of hydrogen-bond donors (Lipinski definition) is 3. The van der Waals surface area contributed by atoms with E-state index in [0.29, 0.717) is 0 Å². The average molecular weight is 438 g/mol. The van der Waals surface area contributed by atoms with Crippen molar-refractivity contribution < 1.29 is 33.0 Å². The Labute approximate surface area is 173 Å². The highest BCUT2D eigenvalue weighted by molar-refractivity contribution is 7.92. The van der Waals surface area contributed by atoms with Gasteiger partial charge in [0.15, 0.2) is 5.82 Å². The fourth-order valence-electron chi connectivity index (χ4n) is 2.71. The summed E-state index contributed by atoms with van der Waals surface area (Å²) in [4.78, 5) is 34.7. The summed E-state index contributed by atoms with van der Waals surface area (Å²) in [5, 5.41) is 24.1. The van der Waals surface area contributed by atoms with Gasteiger partial charge in [-0.25, -0.2) is 13.2 Å². The molecular weight excluding hydrogens is 416 g/mol. The van der Waals surface area contributed by atoms with Crippen LogP contribution < -0.4 is 9.62 Å². The number of benzene rings is 1. The summed E-state index contributed by atoms with van der Waals surface area (Å²) in [6.45, 7) is 1.81. The van der Waals surface area contributed by atoms with Crippen LogP contribution in [-0.4, -0.2) is 59.3 Å². The van der Waals surface area contributed by atoms with Gasteiger partial charge in [-0.05, 0) is 25.5 Å². The largest absolute Gasteiger partial charge is 0.481 e. The van der Waals surface area contributed by atoms with E-state index < -0.39 is 40.3 Å². The van der Waals surface area contributed by atoms with Crippen molar-refractivity contribution in [2.45, 2.75) is 30.7 Å². The average Bonchev–Trinajstić information content (AvgIpc) is 3.05. The standard InChI is InChI=1S/C18H22N4O7S/c1-11-4-6-12(7-5-11)30(28,29)22(3)17-13(10-19-21(17)2)16(25)20-14(18(26)27)8-9-15(23)24/h4-7,10,14H,8-9H2,1-3H3,(H,20,25)(H,23,24)(H,26,27)/t14-/m0/s1.